The Morgan fingerprint density at radius 2 is 2.00 bits per heavy atom. The first kappa shape index (κ1) is 16.5. The third-order valence-corrected chi connectivity index (χ3v) is 4.37. The molecule has 0 unspecified atom stereocenters. The molecule has 2 rings (SSSR count). The summed E-state index contributed by atoms with van der Waals surface area (Å²) in [7, 11) is 0. The van der Waals surface area contributed by atoms with Crippen molar-refractivity contribution in [3.63, 3.8) is 0 Å². The molecule has 1 aromatic carbocycles. The van der Waals surface area contributed by atoms with Crippen molar-refractivity contribution >= 4 is 17.7 Å². The van der Waals surface area contributed by atoms with Gasteiger partial charge in [-0.3, -0.25) is 4.79 Å². The average Bonchev–Trinajstić information content (AvgIpc) is 2.99. The third kappa shape index (κ3) is 4.87. The Morgan fingerprint density at radius 1 is 1.32 bits per heavy atom. The van der Waals surface area contributed by atoms with Crippen LogP contribution in [0.4, 0.5) is 0 Å². The van der Waals surface area contributed by atoms with E-state index in [2.05, 4.69) is 36.4 Å². The number of nitrogens with one attached hydrogen (secondary N) is 1. The summed E-state index contributed by atoms with van der Waals surface area (Å²) in [5.41, 5.74) is 2.01. The van der Waals surface area contributed by atoms with Crippen molar-refractivity contribution in [1.82, 2.24) is 20.3 Å². The summed E-state index contributed by atoms with van der Waals surface area (Å²) in [6.07, 6.45) is 3.44. The fraction of sp³-hybridized carbons (Fsp3) is 0.438. The number of thioether (sulfide) groups is 1. The van der Waals surface area contributed by atoms with Crippen molar-refractivity contribution in [3.8, 4) is 5.69 Å². The van der Waals surface area contributed by atoms with Gasteiger partial charge in [0.2, 0.25) is 5.91 Å². The number of carbonyl (C=O) groups is 1. The minimum atomic E-state index is -0.0159. The predicted molar refractivity (Wildman–Crippen MR) is 90.1 cm³/mol. The molecule has 0 aliphatic heterocycles. The van der Waals surface area contributed by atoms with Gasteiger partial charge in [-0.25, -0.2) is 4.68 Å². The van der Waals surface area contributed by atoms with E-state index in [0.29, 0.717) is 5.75 Å². The number of hydrogen-bond donors (Lipinski definition) is 1. The average molecular weight is 318 g/mol. The summed E-state index contributed by atoms with van der Waals surface area (Å²) >= 11 is 1.65. The van der Waals surface area contributed by atoms with E-state index >= 15 is 0 Å². The quantitative estimate of drug-likeness (QED) is 0.921. The molecule has 0 bridgehead atoms. The number of rotatable bonds is 5. The molecular formula is C16H22N4OS. The Bertz CT molecular complexity index is 602. The first-order valence-corrected chi connectivity index (χ1v) is 8.24. The molecule has 0 saturated carbocycles. The van der Waals surface area contributed by atoms with Crippen molar-refractivity contribution in [2.24, 2.45) is 0 Å². The first-order chi connectivity index (χ1) is 10.3. The van der Waals surface area contributed by atoms with E-state index in [1.165, 1.54) is 0 Å². The lowest BCUT2D eigenvalue weighted by molar-refractivity contribution is -0.119. The molecular weight excluding hydrogens is 296 g/mol. The summed E-state index contributed by atoms with van der Waals surface area (Å²) in [4.78, 5) is 12.0. The van der Waals surface area contributed by atoms with E-state index < -0.39 is 0 Å². The van der Waals surface area contributed by atoms with Crippen molar-refractivity contribution < 1.29 is 4.79 Å². The number of benzene rings is 1. The highest BCUT2D eigenvalue weighted by Gasteiger charge is 2.15. The highest BCUT2D eigenvalue weighted by molar-refractivity contribution is 8.01. The second kappa shape index (κ2) is 6.96. The largest absolute Gasteiger partial charge is 0.349 e. The maximum Gasteiger partial charge on any atom is 0.230 e. The van der Waals surface area contributed by atoms with Gasteiger partial charge >= 0.3 is 0 Å². The van der Waals surface area contributed by atoms with Crippen LogP contribution in [0, 0.1) is 0 Å². The molecule has 0 aliphatic carbocycles. The van der Waals surface area contributed by atoms with Crippen LogP contribution >= 0.6 is 11.8 Å². The van der Waals surface area contributed by atoms with Crippen LogP contribution in [0.5, 0.6) is 0 Å². The zero-order valence-corrected chi connectivity index (χ0v) is 14.2. The predicted octanol–water partition coefficient (Wildman–Crippen LogP) is 2.98. The van der Waals surface area contributed by atoms with Crippen LogP contribution in [-0.2, 0) is 4.79 Å². The molecule has 1 heterocycles. The molecule has 2 aromatic rings. The fourth-order valence-corrected chi connectivity index (χ4v) is 2.56. The van der Waals surface area contributed by atoms with Gasteiger partial charge in [-0.1, -0.05) is 38.1 Å². The lowest BCUT2D eigenvalue weighted by atomic mass is 10.1. The summed E-state index contributed by atoms with van der Waals surface area (Å²) in [6, 6.07) is 7.92. The van der Waals surface area contributed by atoms with Crippen molar-refractivity contribution in [1.29, 1.82) is 0 Å². The lowest BCUT2D eigenvalue weighted by Crippen LogP contribution is -2.29. The summed E-state index contributed by atoms with van der Waals surface area (Å²) in [5.74, 6) is 0.540. The van der Waals surface area contributed by atoms with E-state index in [1.54, 1.807) is 28.8 Å². The van der Waals surface area contributed by atoms with Gasteiger partial charge in [0.05, 0.1) is 29.9 Å². The molecule has 118 valence electrons. The molecule has 1 N–H and O–H groups in total. The van der Waals surface area contributed by atoms with Crippen LogP contribution in [0.2, 0.25) is 0 Å². The van der Waals surface area contributed by atoms with E-state index in [0.717, 1.165) is 11.3 Å². The Hall–Kier alpha value is -1.82. The van der Waals surface area contributed by atoms with Crippen LogP contribution in [0.1, 0.15) is 39.3 Å². The van der Waals surface area contributed by atoms with Crippen LogP contribution in [0.3, 0.4) is 0 Å². The van der Waals surface area contributed by atoms with E-state index in [-0.39, 0.29) is 16.7 Å². The van der Waals surface area contributed by atoms with Gasteiger partial charge in [0.1, 0.15) is 0 Å². The molecule has 5 nitrogen and oxygen atoms in total. The number of carbonyl (C=O) groups excluding carboxylic acids is 1. The van der Waals surface area contributed by atoms with Gasteiger partial charge < -0.3 is 5.32 Å². The number of nitrogens with zero attached hydrogens (tertiary/aromatic N) is 3. The SMILES string of the molecule is C[C@H](NC(=O)CSC(C)(C)C)c1ccc(-n2ccnn2)cc1. The Morgan fingerprint density at radius 3 is 2.55 bits per heavy atom. The number of amides is 1. The van der Waals surface area contributed by atoms with Gasteiger partial charge in [0.15, 0.2) is 0 Å². The van der Waals surface area contributed by atoms with E-state index in [9.17, 15) is 4.79 Å². The van der Waals surface area contributed by atoms with Crippen LogP contribution in [-0.4, -0.2) is 31.4 Å². The molecule has 0 saturated heterocycles. The molecule has 6 heteroatoms. The first-order valence-electron chi connectivity index (χ1n) is 7.25. The summed E-state index contributed by atoms with van der Waals surface area (Å²) < 4.78 is 1.80. The normalized spacial score (nSPS) is 12.9. The van der Waals surface area contributed by atoms with E-state index in [4.69, 9.17) is 0 Å². The Balaban J connectivity index is 1.92. The molecule has 0 radical (unpaired) electrons. The summed E-state index contributed by atoms with van der Waals surface area (Å²) in [6.45, 7) is 8.32. The molecule has 1 amide bonds. The maximum absolute atomic E-state index is 12.0. The van der Waals surface area contributed by atoms with E-state index in [1.807, 2.05) is 31.2 Å². The second-order valence-corrected chi connectivity index (χ2v) is 7.93. The highest BCUT2D eigenvalue weighted by Crippen LogP contribution is 2.23. The van der Waals surface area contributed by atoms with Crippen LogP contribution in [0.25, 0.3) is 5.69 Å². The zero-order valence-electron chi connectivity index (χ0n) is 13.4. The van der Waals surface area contributed by atoms with Gasteiger partial charge in [-0.2, -0.15) is 0 Å². The second-order valence-electron chi connectivity index (χ2n) is 6.13. The molecule has 0 fully saturated rings. The van der Waals surface area contributed by atoms with Crippen molar-refractivity contribution in [2.45, 2.75) is 38.5 Å². The minimum Gasteiger partial charge on any atom is -0.349 e. The smallest absolute Gasteiger partial charge is 0.230 e. The standard InChI is InChI=1S/C16H22N4OS/c1-12(18-15(21)11-22-16(2,3)4)13-5-7-14(8-6-13)20-10-9-17-19-20/h5-10,12H,11H2,1-4H3,(H,18,21)/t12-/m0/s1. The number of hydrogen-bond acceptors (Lipinski definition) is 4. The van der Waals surface area contributed by atoms with Crippen LogP contribution in [0.15, 0.2) is 36.7 Å². The zero-order chi connectivity index (χ0) is 16.2. The van der Waals surface area contributed by atoms with Gasteiger partial charge in [-0.15, -0.1) is 16.9 Å². The molecule has 22 heavy (non-hydrogen) atoms. The lowest BCUT2D eigenvalue weighted by Gasteiger charge is -2.19. The summed E-state index contributed by atoms with van der Waals surface area (Å²) in [5, 5.41) is 10.8. The third-order valence-electron chi connectivity index (χ3n) is 3.09. The molecule has 1 atom stereocenters. The van der Waals surface area contributed by atoms with Crippen molar-refractivity contribution in [2.75, 3.05) is 5.75 Å². The van der Waals surface area contributed by atoms with Crippen molar-refractivity contribution in [3.05, 3.63) is 42.2 Å². The minimum absolute atomic E-state index is 0.0159. The molecule has 1 aromatic heterocycles. The fourth-order valence-electron chi connectivity index (χ4n) is 1.91. The Kier molecular flexibility index (Phi) is 5.24. The molecule has 0 spiro atoms. The van der Waals surface area contributed by atoms with Gasteiger partial charge in [-0.05, 0) is 24.6 Å². The highest BCUT2D eigenvalue weighted by atomic mass is 32.2. The number of aromatic nitrogens is 3. The van der Waals surface area contributed by atoms with Crippen LogP contribution < -0.4 is 5.32 Å². The molecule has 0 aliphatic rings. The maximum atomic E-state index is 12.0. The topological polar surface area (TPSA) is 59.8 Å². The monoisotopic (exact) mass is 318 g/mol. The van der Waals surface area contributed by atoms with Gasteiger partial charge in [0, 0.05) is 4.75 Å². The Labute approximate surface area is 135 Å². The van der Waals surface area contributed by atoms with Gasteiger partial charge in [0.25, 0.3) is 0 Å².